The highest BCUT2D eigenvalue weighted by Gasteiger charge is 2.27. The molecule has 0 radical (unpaired) electrons. The predicted molar refractivity (Wildman–Crippen MR) is 127 cm³/mol. The summed E-state index contributed by atoms with van der Waals surface area (Å²) in [6.07, 6.45) is 2.75. The third-order valence-corrected chi connectivity index (χ3v) is 8.29. The van der Waals surface area contributed by atoms with Crippen LogP contribution in [0.3, 0.4) is 0 Å². The monoisotopic (exact) mass is 515 g/mol. The maximum absolute atomic E-state index is 12.5. The molecule has 180 valence electrons. The van der Waals surface area contributed by atoms with Crippen LogP contribution >= 0.6 is 11.6 Å². The Balaban J connectivity index is 1.49. The highest BCUT2D eigenvalue weighted by molar-refractivity contribution is 7.92. The van der Waals surface area contributed by atoms with Crippen LogP contribution in [0.1, 0.15) is 12.8 Å². The number of sulfonamides is 2. The van der Waals surface area contributed by atoms with Gasteiger partial charge >= 0.3 is 0 Å². The molecule has 0 saturated carbocycles. The first-order chi connectivity index (χ1) is 15.6. The van der Waals surface area contributed by atoms with Gasteiger partial charge in [-0.3, -0.25) is 9.10 Å². The molecule has 0 unspecified atom stereocenters. The van der Waals surface area contributed by atoms with E-state index in [9.17, 15) is 21.6 Å². The summed E-state index contributed by atoms with van der Waals surface area (Å²) in [4.78, 5) is 12.5. The topological polar surface area (TPSA) is 113 Å². The normalized spacial score (nSPS) is 14.7. The lowest BCUT2D eigenvalue weighted by Gasteiger charge is -2.22. The zero-order valence-corrected chi connectivity index (χ0v) is 20.5. The van der Waals surface area contributed by atoms with Crippen LogP contribution in [0, 0.1) is 0 Å². The van der Waals surface area contributed by atoms with E-state index in [4.69, 9.17) is 16.3 Å². The first kappa shape index (κ1) is 25.3. The number of hydrogen-bond donors (Lipinski definition) is 1. The number of hydrogen-bond acceptors (Lipinski definition) is 6. The molecule has 0 aromatic heterocycles. The number of benzene rings is 2. The van der Waals surface area contributed by atoms with Crippen molar-refractivity contribution >= 4 is 43.2 Å². The Morgan fingerprint density at radius 3 is 2.36 bits per heavy atom. The summed E-state index contributed by atoms with van der Waals surface area (Å²) < 4.78 is 57.3. The van der Waals surface area contributed by atoms with Gasteiger partial charge in [0, 0.05) is 18.1 Å². The molecule has 1 heterocycles. The molecule has 2 aromatic carbocycles. The average Bonchev–Trinajstić information content (AvgIpc) is 3.30. The molecule has 0 bridgehead atoms. The van der Waals surface area contributed by atoms with E-state index < -0.39 is 32.5 Å². The van der Waals surface area contributed by atoms with Crippen molar-refractivity contribution in [2.75, 3.05) is 43.3 Å². The van der Waals surface area contributed by atoms with Crippen LogP contribution < -0.4 is 14.4 Å². The third-order valence-electron chi connectivity index (χ3n) is 5.00. The molecule has 1 amide bonds. The van der Waals surface area contributed by atoms with E-state index >= 15 is 0 Å². The van der Waals surface area contributed by atoms with Crippen molar-refractivity contribution in [1.29, 1.82) is 0 Å². The van der Waals surface area contributed by atoms with Gasteiger partial charge in [0.2, 0.25) is 26.0 Å². The van der Waals surface area contributed by atoms with Crippen molar-refractivity contribution < 1.29 is 26.4 Å². The molecule has 12 heteroatoms. The number of carbonyl (C=O) groups excluding carboxylic acids is 1. The van der Waals surface area contributed by atoms with Crippen LogP contribution in [-0.4, -0.2) is 66.1 Å². The molecule has 1 N–H and O–H groups in total. The highest BCUT2D eigenvalue weighted by Crippen LogP contribution is 2.23. The highest BCUT2D eigenvalue weighted by atomic mass is 35.5. The second-order valence-electron chi connectivity index (χ2n) is 7.53. The molecule has 1 fully saturated rings. The summed E-state index contributed by atoms with van der Waals surface area (Å²) in [6, 6.07) is 12.3. The molecule has 9 nitrogen and oxygen atoms in total. The van der Waals surface area contributed by atoms with Gasteiger partial charge in [-0.1, -0.05) is 17.7 Å². The van der Waals surface area contributed by atoms with Gasteiger partial charge in [0.1, 0.15) is 18.9 Å². The van der Waals surface area contributed by atoms with Crippen molar-refractivity contribution in [3.63, 3.8) is 0 Å². The first-order valence-corrected chi connectivity index (χ1v) is 14.0. The van der Waals surface area contributed by atoms with Gasteiger partial charge < -0.3 is 10.1 Å². The Labute approximate surface area is 199 Å². The van der Waals surface area contributed by atoms with Gasteiger partial charge in [-0.2, -0.15) is 4.31 Å². The Morgan fingerprint density at radius 1 is 1.09 bits per heavy atom. The first-order valence-electron chi connectivity index (χ1n) is 10.3. The van der Waals surface area contributed by atoms with Crippen molar-refractivity contribution in [1.82, 2.24) is 9.62 Å². The zero-order valence-electron chi connectivity index (χ0n) is 18.1. The van der Waals surface area contributed by atoms with Crippen LogP contribution in [0.25, 0.3) is 0 Å². The van der Waals surface area contributed by atoms with E-state index in [1.54, 1.807) is 30.3 Å². The zero-order chi connectivity index (χ0) is 24.1. The smallest absolute Gasteiger partial charge is 0.243 e. The molecule has 0 atom stereocenters. The van der Waals surface area contributed by atoms with Gasteiger partial charge in [0.05, 0.1) is 23.4 Å². The van der Waals surface area contributed by atoms with Crippen LogP contribution in [-0.2, 0) is 24.8 Å². The van der Waals surface area contributed by atoms with E-state index in [-0.39, 0.29) is 18.0 Å². The Morgan fingerprint density at radius 2 is 1.76 bits per heavy atom. The molecular formula is C21H26ClN3O6S2. The molecule has 0 spiro atoms. The number of rotatable bonds is 10. The molecule has 0 aliphatic carbocycles. The summed E-state index contributed by atoms with van der Waals surface area (Å²) in [7, 11) is -7.18. The van der Waals surface area contributed by atoms with Crippen LogP contribution in [0.2, 0.25) is 5.02 Å². The molecule has 1 saturated heterocycles. The fourth-order valence-corrected chi connectivity index (χ4v) is 5.91. The standard InChI is InChI=1S/C21H26ClN3O6S2/c1-32(27,28)25(18-6-4-5-17(22)15-18)16-21(26)23-11-14-31-19-7-9-20(10-8-19)33(29,30)24-12-2-3-13-24/h4-10,15H,2-3,11-14,16H2,1H3,(H,23,26). The van der Waals surface area contributed by atoms with Crippen LogP contribution in [0.5, 0.6) is 5.75 Å². The van der Waals surface area contributed by atoms with Gasteiger partial charge in [-0.25, -0.2) is 16.8 Å². The lowest BCUT2D eigenvalue weighted by molar-refractivity contribution is -0.119. The van der Waals surface area contributed by atoms with Gasteiger partial charge in [0.25, 0.3) is 0 Å². The van der Waals surface area contributed by atoms with Crippen LogP contribution in [0.4, 0.5) is 5.69 Å². The third kappa shape index (κ3) is 6.83. The second kappa shape index (κ2) is 10.7. The van der Waals surface area contributed by atoms with E-state index in [2.05, 4.69) is 5.32 Å². The number of halogens is 1. The maximum atomic E-state index is 12.5. The Bertz CT molecular complexity index is 1180. The fraction of sp³-hybridized carbons (Fsp3) is 0.381. The molecular weight excluding hydrogens is 490 g/mol. The van der Waals surface area contributed by atoms with E-state index in [0.29, 0.717) is 29.5 Å². The second-order valence-corrected chi connectivity index (χ2v) is 11.8. The number of nitrogens with one attached hydrogen (secondary N) is 1. The fourth-order valence-electron chi connectivity index (χ4n) is 3.36. The minimum Gasteiger partial charge on any atom is -0.492 e. The van der Waals surface area contributed by atoms with Crippen molar-refractivity contribution in [2.45, 2.75) is 17.7 Å². The molecule has 2 aromatic rings. The summed E-state index contributed by atoms with van der Waals surface area (Å²) in [6.45, 7) is 0.935. The van der Waals surface area contributed by atoms with Crippen molar-refractivity contribution in [3.05, 3.63) is 53.6 Å². The number of carbonyl (C=O) groups is 1. The van der Waals surface area contributed by atoms with E-state index in [1.165, 1.54) is 22.5 Å². The number of nitrogens with zero attached hydrogens (tertiary/aromatic N) is 2. The molecule has 3 rings (SSSR count). The number of amides is 1. The summed E-state index contributed by atoms with van der Waals surface area (Å²) in [5.41, 5.74) is 0.292. The lowest BCUT2D eigenvalue weighted by Crippen LogP contribution is -2.41. The van der Waals surface area contributed by atoms with Gasteiger partial charge in [0.15, 0.2) is 0 Å². The molecule has 1 aliphatic rings. The maximum Gasteiger partial charge on any atom is 0.243 e. The lowest BCUT2D eigenvalue weighted by atomic mass is 10.3. The van der Waals surface area contributed by atoms with E-state index in [0.717, 1.165) is 23.4 Å². The SMILES string of the molecule is CS(=O)(=O)N(CC(=O)NCCOc1ccc(S(=O)(=O)N2CCCC2)cc1)c1cccc(Cl)c1. The van der Waals surface area contributed by atoms with E-state index in [1.807, 2.05) is 0 Å². The van der Waals surface area contributed by atoms with Crippen molar-refractivity contribution in [2.24, 2.45) is 0 Å². The summed E-state index contributed by atoms with van der Waals surface area (Å²) >= 11 is 5.93. The average molecular weight is 516 g/mol. The van der Waals surface area contributed by atoms with Crippen molar-refractivity contribution in [3.8, 4) is 5.75 Å². The Kier molecular flexibility index (Phi) is 8.22. The quantitative estimate of drug-likeness (QED) is 0.485. The molecule has 33 heavy (non-hydrogen) atoms. The number of anilines is 1. The largest absolute Gasteiger partial charge is 0.492 e. The molecule has 1 aliphatic heterocycles. The van der Waals surface area contributed by atoms with Gasteiger partial charge in [-0.15, -0.1) is 0 Å². The number of ether oxygens (including phenoxy) is 1. The van der Waals surface area contributed by atoms with Crippen LogP contribution in [0.15, 0.2) is 53.4 Å². The Hall–Kier alpha value is -2.34. The summed E-state index contributed by atoms with van der Waals surface area (Å²) in [5.74, 6) is -0.0441. The minimum absolute atomic E-state index is 0.125. The summed E-state index contributed by atoms with van der Waals surface area (Å²) in [5, 5.41) is 2.96. The predicted octanol–water partition coefficient (Wildman–Crippen LogP) is 2.09. The minimum atomic E-state index is -3.70. The van der Waals surface area contributed by atoms with Gasteiger partial charge in [-0.05, 0) is 55.3 Å².